The lowest BCUT2D eigenvalue weighted by Crippen LogP contribution is -2.40. The molecular weight excluding hydrogens is 222 g/mol. The van der Waals surface area contributed by atoms with E-state index >= 15 is 0 Å². The molecule has 2 saturated carbocycles. The molecule has 18 heavy (non-hydrogen) atoms. The molecule has 2 rings (SSSR count). The van der Waals surface area contributed by atoms with Gasteiger partial charge in [-0.2, -0.15) is 0 Å². The highest BCUT2D eigenvalue weighted by molar-refractivity contribution is 4.95. The van der Waals surface area contributed by atoms with Gasteiger partial charge in [0.1, 0.15) is 0 Å². The van der Waals surface area contributed by atoms with Crippen molar-refractivity contribution in [1.29, 1.82) is 0 Å². The molecule has 0 heterocycles. The SMILES string of the molecule is CCC(C)(C)C1CCC(NCC2(CO)CC2)CC1. The summed E-state index contributed by atoms with van der Waals surface area (Å²) in [6, 6.07) is 0.706. The Morgan fingerprint density at radius 3 is 2.22 bits per heavy atom. The normalized spacial score (nSPS) is 31.3. The summed E-state index contributed by atoms with van der Waals surface area (Å²) >= 11 is 0. The predicted molar refractivity (Wildman–Crippen MR) is 76.6 cm³/mol. The van der Waals surface area contributed by atoms with Crippen LogP contribution in [0.2, 0.25) is 0 Å². The third-order valence-electron chi connectivity index (χ3n) is 5.80. The van der Waals surface area contributed by atoms with Crippen LogP contribution in [0.15, 0.2) is 0 Å². The number of nitrogens with one attached hydrogen (secondary N) is 1. The lowest BCUT2D eigenvalue weighted by molar-refractivity contribution is 0.132. The fraction of sp³-hybridized carbons (Fsp3) is 1.00. The van der Waals surface area contributed by atoms with Crippen molar-refractivity contribution in [1.82, 2.24) is 5.32 Å². The quantitative estimate of drug-likeness (QED) is 0.761. The topological polar surface area (TPSA) is 32.3 Å². The Morgan fingerprint density at radius 1 is 1.17 bits per heavy atom. The summed E-state index contributed by atoms with van der Waals surface area (Å²) in [4.78, 5) is 0. The second kappa shape index (κ2) is 5.50. The van der Waals surface area contributed by atoms with E-state index in [-0.39, 0.29) is 5.41 Å². The first-order chi connectivity index (χ1) is 8.51. The highest BCUT2D eigenvalue weighted by Gasteiger charge is 2.42. The lowest BCUT2D eigenvalue weighted by Gasteiger charge is -2.39. The van der Waals surface area contributed by atoms with E-state index in [0.717, 1.165) is 12.5 Å². The minimum Gasteiger partial charge on any atom is -0.396 e. The van der Waals surface area contributed by atoms with Crippen molar-refractivity contribution in [2.45, 2.75) is 71.8 Å². The number of hydrogen-bond donors (Lipinski definition) is 2. The predicted octanol–water partition coefficient (Wildman–Crippen LogP) is 3.34. The molecule has 0 aliphatic heterocycles. The van der Waals surface area contributed by atoms with Gasteiger partial charge in [0.15, 0.2) is 0 Å². The summed E-state index contributed by atoms with van der Waals surface area (Å²) in [6.45, 7) is 8.59. The van der Waals surface area contributed by atoms with E-state index in [2.05, 4.69) is 26.1 Å². The van der Waals surface area contributed by atoms with Crippen molar-refractivity contribution in [2.24, 2.45) is 16.7 Å². The van der Waals surface area contributed by atoms with E-state index in [9.17, 15) is 5.11 Å². The molecule has 0 spiro atoms. The highest BCUT2D eigenvalue weighted by atomic mass is 16.3. The minimum atomic E-state index is 0.263. The fourth-order valence-corrected chi connectivity index (χ4v) is 3.30. The smallest absolute Gasteiger partial charge is 0.0499 e. The van der Waals surface area contributed by atoms with E-state index in [1.54, 1.807) is 0 Å². The van der Waals surface area contributed by atoms with Gasteiger partial charge in [0, 0.05) is 24.6 Å². The van der Waals surface area contributed by atoms with Gasteiger partial charge in [0.2, 0.25) is 0 Å². The zero-order valence-electron chi connectivity index (χ0n) is 12.5. The van der Waals surface area contributed by atoms with Crippen molar-refractivity contribution >= 4 is 0 Å². The number of aliphatic hydroxyl groups is 1. The second-order valence-corrected chi connectivity index (χ2v) is 7.43. The molecule has 2 fully saturated rings. The Bertz CT molecular complexity index is 262. The first kappa shape index (κ1) is 14.3. The second-order valence-electron chi connectivity index (χ2n) is 7.43. The number of hydrogen-bond acceptors (Lipinski definition) is 2. The monoisotopic (exact) mass is 253 g/mol. The van der Waals surface area contributed by atoms with Crippen molar-refractivity contribution in [3.05, 3.63) is 0 Å². The average Bonchev–Trinajstić information content (AvgIpc) is 3.18. The van der Waals surface area contributed by atoms with E-state index < -0.39 is 0 Å². The molecule has 0 aromatic carbocycles. The van der Waals surface area contributed by atoms with Crippen molar-refractivity contribution in [3.63, 3.8) is 0 Å². The van der Waals surface area contributed by atoms with Gasteiger partial charge in [0.05, 0.1) is 0 Å². The summed E-state index contributed by atoms with van der Waals surface area (Å²) in [5.74, 6) is 0.910. The molecule has 0 amide bonds. The van der Waals surface area contributed by atoms with Gasteiger partial charge < -0.3 is 10.4 Å². The Kier molecular flexibility index (Phi) is 4.38. The van der Waals surface area contributed by atoms with Crippen molar-refractivity contribution in [2.75, 3.05) is 13.2 Å². The van der Waals surface area contributed by atoms with Crippen LogP contribution in [0.4, 0.5) is 0 Å². The molecule has 0 unspecified atom stereocenters. The maximum Gasteiger partial charge on any atom is 0.0499 e. The zero-order chi connectivity index (χ0) is 13.2. The Labute approximate surface area is 113 Å². The van der Waals surface area contributed by atoms with Crippen LogP contribution in [0, 0.1) is 16.7 Å². The molecule has 2 aliphatic carbocycles. The van der Waals surface area contributed by atoms with Crippen LogP contribution in [0.25, 0.3) is 0 Å². The van der Waals surface area contributed by atoms with Crippen LogP contribution in [0.3, 0.4) is 0 Å². The van der Waals surface area contributed by atoms with E-state index in [1.165, 1.54) is 44.9 Å². The van der Waals surface area contributed by atoms with Crippen LogP contribution >= 0.6 is 0 Å². The van der Waals surface area contributed by atoms with Crippen molar-refractivity contribution < 1.29 is 5.11 Å². The maximum absolute atomic E-state index is 9.33. The summed E-state index contributed by atoms with van der Waals surface area (Å²) in [5.41, 5.74) is 0.785. The third kappa shape index (κ3) is 3.27. The summed E-state index contributed by atoms with van der Waals surface area (Å²) in [6.07, 6.45) is 9.15. The average molecular weight is 253 g/mol. The first-order valence-corrected chi connectivity index (χ1v) is 7.85. The molecule has 106 valence electrons. The van der Waals surface area contributed by atoms with E-state index in [0.29, 0.717) is 18.1 Å². The molecule has 2 nitrogen and oxygen atoms in total. The van der Waals surface area contributed by atoms with Crippen molar-refractivity contribution in [3.8, 4) is 0 Å². The standard InChI is InChI=1S/C16H31NO/c1-4-15(2,3)13-5-7-14(8-6-13)17-11-16(12-18)9-10-16/h13-14,17-18H,4-12H2,1-3H3. The molecule has 0 bridgehead atoms. The summed E-state index contributed by atoms with van der Waals surface area (Å²) in [7, 11) is 0. The lowest BCUT2D eigenvalue weighted by atomic mass is 9.69. The van der Waals surface area contributed by atoms with Gasteiger partial charge in [-0.05, 0) is 49.9 Å². The Hall–Kier alpha value is -0.0800. The van der Waals surface area contributed by atoms with Crippen LogP contribution in [-0.2, 0) is 0 Å². The van der Waals surface area contributed by atoms with Gasteiger partial charge in [-0.15, -0.1) is 0 Å². The molecule has 2 N–H and O–H groups in total. The third-order valence-corrected chi connectivity index (χ3v) is 5.80. The maximum atomic E-state index is 9.33. The van der Waals surface area contributed by atoms with E-state index in [4.69, 9.17) is 0 Å². The van der Waals surface area contributed by atoms with Gasteiger partial charge >= 0.3 is 0 Å². The first-order valence-electron chi connectivity index (χ1n) is 7.85. The van der Waals surface area contributed by atoms with Gasteiger partial charge in [-0.25, -0.2) is 0 Å². The van der Waals surface area contributed by atoms with Crippen LogP contribution in [0.1, 0.15) is 65.7 Å². The molecule has 0 radical (unpaired) electrons. The van der Waals surface area contributed by atoms with E-state index in [1.807, 2.05) is 0 Å². The summed E-state index contributed by atoms with van der Waals surface area (Å²) in [5, 5.41) is 13.0. The molecular formula is C16H31NO. The Balaban J connectivity index is 1.70. The molecule has 2 aliphatic rings. The number of aliphatic hydroxyl groups excluding tert-OH is 1. The summed E-state index contributed by atoms with van der Waals surface area (Å²) < 4.78 is 0. The zero-order valence-corrected chi connectivity index (χ0v) is 12.5. The van der Waals surface area contributed by atoms with Crippen LogP contribution < -0.4 is 5.32 Å². The Morgan fingerprint density at radius 2 is 1.78 bits per heavy atom. The van der Waals surface area contributed by atoms with Crippen LogP contribution in [0.5, 0.6) is 0 Å². The number of rotatable bonds is 6. The molecule has 0 saturated heterocycles. The van der Waals surface area contributed by atoms with Crippen LogP contribution in [-0.4, -0.2) is 24.3 Å². The molecule has 0 aromatic heterocycles. The minimum absolute atomic E-state index is 0.263. The van der Waals surface area contributed by atoms with Gasteiger partial charge in [-0.1, -0.05) is 27.2 Å². The fourth-order valence-electron chi connectivity index (χ4n) is 3.30. The highest BCUT2D eigenvalue weighted by Crippen LogP contribution is 2.45. The van der Waals surface area contributed by atoms with Gasteiger partial charge in [0.25, 0.3) is 0 Å². The molecule has 0 atom stereocenters. The van der Waals surface area contributed by atoms with Gasteiger partial charge in [-0.3, -0.25) is 0 Å². The largest absolute Gasteiger partial charge is 0.396 e. The molecule has 0 aromatic rings. The molecule has 2 heteroatoms.